The molecular weight excluding hydrogens is 229 g/mol. The van der Waals surface area contributed by atoms with E-state index in [1.807, 2.05) is 0 Å². The van der Waals surface area contributed by atoms with Gasteiger partial charge in [-0.15, -0.1) is 0 Å². The van der Waals surface area contributed by atoms with Crippen LogP contribution in [0.1, 0.15) is 46.0 Å². The third kappa shape index (κ3) is 4.14. The number of halogens is 3. The number of alkyl halides is 3. The Hall–Kier alpha value is -0.290. The molecule has 1 rings (SSSR count). The fourth-order valence-electron chi connectivity index (χ4n) is 2.10. The van der Waals surface area contributed by atoms with Crippen LogP contribution in [0.25, 0.3) is 0 Å². The summed E-state index contributed by atoms with van der Waals surface area (Å²) < 4.78 is 37.8. The standard InChI is InChI=1S/C12H23F3N2/c1-10(2,7-8-16)4-3-9-17-11(5-6-11)12(13,14)15/h17H,3-9,16H2,1-2H3. The number of rotatable bonds is 7. The first kappa shape index (κ1) is 14.8. The molecule has 1 aliphatic rings. The number of hydrogen-bond acceptors (Lipinski definition) is 2. The van der Waals surface area contributed by atoms with Crippen molar-refractivity contribution in [3.8, 4) is 0 Å². The molecule has 102 valence electrons. The van der Waals surface area contributed by atoms with Gasteiger partial charge >= 0.3 is 6.18 Å². The molecule has 0 aromatic rings. The molecule has 0 spiro atoms. The van der Waals surface area contributed by atoms with Crippen molar-refractivity contribution in [3.63, 3.8) is 0 Å². The van der Waals surface area contributed by atoms with Crippen molar-refractivity contribution in [1.29, 1.82) is 0 Å². The quantitative estimate of drug-likeness (QED) is 0.684. The smallest absolute Gasteiger partial charge is 0.330 e. The molecule has 0 bridgehead atoms. The van der Waals surface area contributed by atoms with Gasteiger partial charge in [0, 0.05) is 0 Å². The Morgan fingerprint density at radius 3 is 2.18 bits per heavy atom. The molecule has 1 saturated carbocycles. The monoisotopic (exact) mass is 252 g/mol. The van der Waals surface area contributed by atoms with E-state index in [0.717, 1.165) is 19.3 Å². The lowest BCUT2D eigenvalue weighted by Crippen LogP contribution is -2.45. The average Bonchev–Trinajstić information content (AvgIpc) is 2.92. The third-order valence-electron chi connectivity index (χ3n) is 3.61. The van der Waals surface area contributed by atoms with Crippen LogP contribution in [0.15, 0.2) is 0 Å². The normalized spacial score (nSPS) is 19.4. The zero-order valence-corrected chi connectivity index (χ0v) is 10.7. The maximum atomic E-state index is 12.6. The molecule has 0 amide bonds. The van der Waals surface area contributed by atoms with Gasteiger partial charge in [-0.1, -0.05) is 13.8 Å². The van der Waals surface area contributed by atoms with Gasteiger partial charge in [-0.3, -0.25) is 0 Å². The third-order valence-corrected chi connectivity index (χ3v) is 3.61. The maximum Gasteiger partial charge on any atom is 0.406 e. The van der Waals surface area contributed by atoms with E-state index in [2.05, 4.69) is 19.2 Å². The minimum absolute atomic E-state index is 0.130. The summed E-state index contributed by atoms with van der Waals surface area (Å²) in [6.07, 6.45) is -1.06. The maximum absolute atomic E-state index is 12.6. The van der Waals surface area contributed by atoms with Gasteiger partial charge in [-0.2, -0.15) is 13.2 Å². The van der Waals surface area contributed by atoms with E-state index in [1.165, 1.54) is 0 Å². The molecule has 1 aliphatic carbocycles. The van der Waals surface area contributed by atoms with Crippen LogP contribution in [-0.2, 0) is 0 Å². The molecule has 0 heterocycles. The van der Waals surface area contributed by atoms with Crippen LogP contribution in [-0.4, -0.2) is 24.8 Å². The van der Waals surface area contributed by atoms with Crippen molar-refractivity contribution in [2.75, 3.05) is 13.1 Å². The molecule has 2 nitrogen and oxygen atoms in total. The summed E-state index contributed by atoms with van der Waals surface area (Å²) in [4.78, 5) is 0. The summed E-state index contributed by atoms with van der Waals surface area (Å²) >= 11 is 0. The number of nitrogens with one attached hydrogen (secondary N) is 1. The predicted octanol–water partition coefficient (Wildman–Crippen LogP) is 2.83. The van der Waals surface area contributed by atoms with E-state index in [-0.39, 0.29) is 18.3 Å². The van der Waals surface area contributed by atoms with Crippen molar-refractivity contribution >= 4 is 0 Å². The summed E-state index contributed by atoms with van der Waals surface area (Å²) in [5.74, 6) is 0. The molecule has 0 saturated heterocycles. The van der Waals surface area contributed by atoms with Gasteiger partial charge in [0.15, 0.2) is 0 Å². The lowest BCUT2D eigenvalue weighted by Gasteiger charge is -2.25. The fourth-order valence-corrected chi connectivity index (χ4v) is 2.10. The zero-order chi connectivity index (χ0) is 13.2. The van der Waals surface area contributed by atoms with Crippen LogP contribution in [0.4, 0.5) is 13.2 Å². The Kier molecular flexibility index (Phi) is 4.47. The van der Waals surface area contributed by atoms with Crippen molar-refractivity contribution in [2.24, 2.45) is 11.1 Å². The molecule has 0 aliphatic heterocycles. The van der Waals surface area contributed by atoms with Gasteiger partial charge < -0.3 is 11.1 Å². The van der Waals surface area contributed by atoms with Gasteiger partial charge in [0.2, 0.25) is 0 Å². The van der Waals surface area contributed by atoms with E-state index in [1.54, 1.807) is 0 Å². The first-order chi connectivity index (χ1) is 7.72. The minimum atomic E-state index is -4.10. The second-order valence-electron chi connectivity index (χ2n) is 5.81. The van der Waals surface area contributed by atoms with Gasteiger partial charge in [-0.05, 0) is 50.6 Å². The Balaban J connectivity index is 2.21. The van der Waals surface area contributed by atoms with Crippen molar-refractivity contribution < 1.29 is 13.2 Å². The van der Waals surface area contributed by atoms with Crippen LogP contribution >= 0.6 is 0 Å². The van der Waals surface area contributed by atoms with Gasteiger partial charge in [-0.25, -0.2) is 0 Å². The van der Waals surface area contributed by atoms with E-state index in [4.69, 9.17) is 5.73 Å². The largest absolute Gasteiger partial charge is 0.406 e. The summed E-state index contributed by atoms with van der Waals surface area (Å²) in [6, 6.07) is 0. The Morgan fingerprint density at radius 1 is 1.18 bits per heavy atom. The molecule has 3 N–H and O–H groups in total. The topological polar surface area (TPSA) is 38.0 Å². The first-order valence-corrected chi connectivity index (χ1v) is 6.24. The lowest BCUT2D eigenvalue weighted by molar-refractivity contribution is -0.165. The summed E-state index contributed by atoms with van der Waals surface area (Å²) in [5.41, 5.74) is 4.06. The lowest BCUT2D eigenvalue weighted by atomic mass is 9.84. The second kappa shape index (κ2) is 5.14. The molecular formula is C12H23F3N2. The molecule has 0 radical (unpaired) electrons. The zero-order valence-electron chi connectivity index (χ0n) is 10.7. The summed E-state index contributed by atoms with van der Waals surface area (Å²) in [5, 5.41) is 2.67. The highest BCUT2D eigenvalue weighted by Crippen LogP contribution is 2.48. The van der Waals surface area contributed by atoms with Crippen LogP contribution in [0.5, 0.6) is 0 Å². The fraction of sp³-hybridized carbons (Fsp3) is 1.00. The average molecular weight is 252 g/mol. The highest BCUT2D eigenvalue weighted by atomic mass is 19.4. The van der Waals surface area contributed by atoms with Crippen LogP contribution in [0.3, 0.4) is 0 Å². The van der Waals surface area contributed by atoms with E-state index >= 15 is 0 Å². The molecule has 1 fully saturated rings. The number of hydrogen-bond donors (Lipinski definition) is 2. The van der Waals surface area contributed by atoms with Crippen molar-refractivity contribution in [1.82, 2.24) is 5.32 Å². The Morgan fingerprint density at radius 2 is 1.76 bits per heavy atom. The van der Waals surface area contributed by atoms with E-state index in [0.29, 0.717) is 13.1 Å². The highest BCUT2D eigenvalue weighted by molar-refractivity contribution is 5.07. The summed E-state index contributed by atoms with van der Waals surface area (Å²) in [6.45, 7) is 5.29. The highest BCUT2D eigenvalue weighted by Gasteiger charge is 2.62. The van der Waals surface area contributed by atoms with E-state index in [9.17, 15) is 13.2 Å². The van der Waals surface area contributed by atoms with Crippen LogP contribution in [0.2, 0.25) is 0 Å². The SMILES string of the molecule is CC(C)(CCN)CCCNC1(C(F)(F)F)CC1. The molecule has 0 aromatic heterocycles. The van der Waals surface area contributed by atoms with Crippen LogP contribution < -0.4 is 11.1 Å². The van der Waals surface area contributed by atoms with Crippen molar-refractivity contribution in [2.45, 2.75) is 57.7 Å². The van der Waals surface area contributed by atoms with Gasteiger partial charge in [0.1, 0.15) is 5.54 Å². The van der Waals surface area contributed by atoms with Gasteiger partial charge in [0.25, 0.3) is 0 Å². The summed E-state index contributed by atoms with van der Waals surface area (Å²) in [7, 11) is 0. The Bertz CT molecular complexity index is 245. The van der Waals surface area contributed by atoms with Crippen molar-refractivity contribution in [3.05, 3.63) is 0 Å². The van der Waals surface area contributed by atoms with Gasteiger partial charge in [0.05, 0.1) is 0 Å². The second-order valence-corrected chi connectivity index (χ2v) is 5.81. The first-order valence-electron chi connectivity index (χ1n) is 6.24. The Labute approximate surface area is 101 Å². The molecule has 0 unspecified atom stereocenters. The van der Waals surface area contributed by atoms with E-state index < -0.39 is 11.7 Å². The molecule has 0 aromatic carbocycles. The van der Waals surface area contributed by atoms with Crippen LogP contribution in [0, 0.1) is 5.41 Å². The molecule has 0 atom stereocenters. The number of nitrogens with two attached hydrogens (primary N) is 1. The predicted molar refractivity (Wildman–Crippen MR) is 62.7 cm³/mol. The molecule has 17 heavy (non-hydrogen) atoms. The minimum Gasteiger partial charge on any atom is -0.330 e. The molecule has 5 heteroatoms.